The number of ether oxygens (including phenoxy) is 2. The highest BCUT2D eigenvalue weighted by molar-refractivity contribution is 5.97. The van der Waals surface area contributed by atoms with Crippen LogP contribution in [0.1, 0.15) is 31.8 Å². The zero-order valence-electron chi connectivity index (χ0n) is 20.9. The standard InChI is InChI=1S/C26H30N6O4/c1-16-6-5-7-21(17(16)2)31-8-10-32(11-9-31)24-22(27)23(28-15-29-24)30-20-13-18(25(33)35-3)12-19(14-20)26(34)36-4/h5-7,12-15H,8-11,27H2,1-4H3,(H,28,29,30). The number of hydrogen-bond acceptors (Lipinski definition) is 10. The number of nitrogens with zero attached hydrogens (tertiary/aromatic N) is 4. The van der Waals surface area contributed by atoms with Crippen LogP contribution in [0.5, 0.6) is 0 Å². The van der Waals surface area contributed by atoms with Crippen LogP contribution in [0.4, 0.5) is 28.7 Å². The maximum Gasteiger partial charge on any atom is 0.337 e. The summed E-state index contributed by atoms with van der Waals surface area (Å²) in [5.74, 6) is -0.163. The van der Waals surface area contributed by atoms with Crippen LogP contribution in [-0.2, 0) is 9.47 Å². The molecule has 0 spiro atoms. The summed E-state index contributed by atoms with van der Waals surface area (Å²) in [5.41, 5.74) is 11.5. The Hall–Kier alpha value is -4.34. The summed E-state index contributed by atoms with van der Waals surface area (Å²) < 4.78 is 9.61. The first-order chi connectivity index (χ1) is 17.3. The molecule has 10 heteroatoms. The average molecular weight is 491 g/mol. The number of carbonyl (C=O) groups excluding carboxylic acids is 2. The second-order valence-electron chi connectivity index (χ2n) is 8.56. The SMILES string of the molecule is COC(=O)c1cc(Nc2ncnc(N3CCN(c4cccc(C)c4C)CC3)c2N)cc(C(=O)OC)c1. The maximum absolute atomic E-state index is 12.1. The van der Waals surface area contributed by atoms with E-state index in [0.717, 1.165) is 26.2 Å². The van der Waals surface area contributed by atoms with E-state index in [9.17, 15) is 9.59 Å². The zero-order valence-corrected chi connectivity index (χ0v) is 20.9. The summed E-state index contributed by atoms with van der Waals surface area (Å²) >= 11 is 0. The van der Waals surface area contributed by atoms with Crippen molar-refractivity contribution in [1.82, 2.24) is 9.97 Å². The molecular weight excluding hydrogens is 460 g/mol. The van der Waals surface area contributed by atoms with Crippen molar-refractivity contribution in [2.75, 3.05) is 61.2 Å². The molecule has 1 aromatic heterocycles. The molecule has 1 saturated heterocycles. The van der Waals surface area contributed by atoms with Crippen molar-refractivity contribution >= 4 is 40.6 Å². The number of anilines is 5. The number of carbonyl (C=O) groups is 2. The van der Waals surface area contributed by atoms with Gasteiger partial charge in [0, 0.05) is 37.6 Å². The van der Waals surface area contributed by atoms with Gasteiger partial charge in [-0.15, -0.1) is 0 Å². The van der Waals surface area contributed by atoms with Crippen LogP contribution in [0.25, 0.3) is 0 Å². The highest BCUT2D eigenvalue weighted by atomic mass is 16.5. The summed E-state index contributed by atoms with van der Waals surface area (Å²) in [6, 6.07) is 10.9. The Kier molecular flexibility index (Phi) is 7.23. The molecule has 2 heterocycles. The van der Waals surface area contributed by atoms with Crippen LogP contribution in [0, 0.1) is 13.8 Å². The molecule has 0 radical (unpaired) electrons. The third-order valence-electron chi connectivity index (χ3n) is 6.40. The summed E-state index contributed by atoms with van der Waals surface area (Å²) in [4.78, 5) is 37.5. The van der Waals surface area contributed by atoms with Crippen molar-refractivity contribution in [3.63, 3.8) is 0 Å². The van der Waals surface area contributed by atoms with E-state index < -0.39 is 11.9 Å². The third-order valence-corrected chi connectivity index (χ3v) is 6.40. The van der Waals surface area contributed by atoms with E-state index in [1.165, 1.54) is 43.4 Å². The van der Waals surface area contributed by atoms with Crippen molar-refractivity contribution in [2.24, 2.45) is 0 Å². The summed E-state index contributed by atoms with van der Waals surface area (Å²) in [7, 11) is 2.55. The molecule has 188 valence electrons. The predicted octanol–water partition coefficient (Wildman–Crippen LogP) is 3.32. The van der Waals surface area contributed by atoms with E-state index in [-0.39, 0.29) is 11.1 Å². The normalized spacial score (nSPS) is 13.3. The van der Waals surface area contributed by atoms with E-state index in [1.807, 2.05) is 0 Å². The fourth-order valence-electron chi connectivity index (χ4n) is 4.28. The van der Waals surface area contributed by atoms with Crippen LogP contribution in [-0.4, -0.2) is 62.3 Å². The van der Waals surface area contributed by atoms with Crippen molar-refractivity contribution in [3.05, 3.63) is 65.0 Å². The number of methoxy groups -OCH3 is 2. The lowest BCUT2D eigenvalue weighted by atomic mass is 10.1. The minimum absolute atomic E-state index is 0.193. The van der Waals surface area contributed by atoms with Gasteiger partial charge in [0.25, 0.3) is 0 Å². The zero-order chi connectivity index (χ0) is 25.8. The Morgan fingerprint density at radius 3 is 2.14 bits per heavy atom. The van der Waals surface area contributed by atoms with Gasteiger partial charge < -0.3 is 30.3 Å². The van der Waals surface area contributed by atoms with Gasteiger partial charge in [0.15, 0.2) is 11.6 Å². The third kappa shape index (κ3) is 5.02. The first-order valence-electron chi connectivity index (χ1n) is 11.6. The predicted molar refractivity (Wildman–Crippen MR) is 139 cm³/mol. The molecule has 3 aromatic rings. The first-order valence-corrected chi connectivity index (χ1v) is 11.6. The molecule has 0 amide bonds. The molecule has 3 N–H and O–H groups in total. The van der Waals surface area contributed by atoms with Gasteiger partial charge in [0.05, 0.1) is 25.3 Å². The number of esters is 2. The van der Waals surface area contributed by atoms with Crippen molar-refractivity contribution in [1.29, 1.82) is 0 Å². The van der Waals surface area contributed by atoms with Crippen molar-refractivity contribution in [2.45, 2.75) is 13.8 Å². The number of piperazine rings is 1. The average Bonchev–Trinajstić information content (AvgIpc) is 2.90. The van der Waals surface area contributed by atoms with E-state index in [4.69, 9.17) is 15.2 Å². The monoisotopic (exact) mass is 490 g/mol. The second kappa shape index (κ2) is 10.5. The molecular formula is C26H30N6O4. The number of nitrogens with two attached hydrogens (primary N) is 1. The molecule has 1 fully saturated rings. The van der Waals surface area contributed by atoms with Gasteiger partial charge in [-0.05, 0) is 49.2 Å². The highest BCUT2D eigenvalue weighted by Crippen LogP contribution is 2.31. The number of hydrogen-bond donors (Lipinski definition) is 2. The Morgan fingerprint density at radius 1 is 0.917 bits per heavy atom. The van der Waals surface area contributed by atoms with Gasteiger partial charge in [-0.1, -0.05) is 12.1 Å². The summed E-state index contributed by atoms with van der Waals surface area (Å²) in [6.45, 7) is 7.44. The maximum atomic E-state index is 12.1. The Bertz CT molecular complexity index is 1250. The Labute approximate surface area is 210 Å². The summed E-state index contributed by atoms with van der Waals surface area (Å²) in [5, 5.41) is 3.11. The lowest BCUT2D eigenvalue weighted by molar-refractivity contribution is 0.0599. The van der Waals surface area contributed by atoms with Crippen LogP contribution < -0.4 is 20.9 Å². The van der Waals surface area contributed by atoms with Crippen LogP contribution in [0.2, 0.25) is 0 Å². The van der Waals surface area contributed by atoms with E-state index >= 15 is 0 Å². The van der Waals surface area contributed by atoms with Gasteiger partial charge in [-0.25, -0.2) is 19.6 Å². The highest BCUT2D eigenvalue weighted by Gasteiger charge is 2.23. The number of benzene rings is 2. The minimum atomic E-state index is -0.582. The van der Waals surface area contributed by atoms with Gasteiger partial charge in [0.2, 0.25) is 0 Å². The van der Waals surface area contributed by atoms with Crippen molar-refractivity contribution < 1.29 is 19.1 Å². The Balaban J connectivity index is 1.55. The van der Waals surface area contributed by atoms with Gasteiger partial charge in [0.1, 0.15) is 12.0 Å². The number of rotatable bonds is 6. The van der Waals surface area contributed by atoms with Crippen LogP contribution in [0.15, 0.2) is 42.7 Å². The van der Waals surface area contributed by atoms with E-state index in [2.05, 4.69) is 57.1 Å². The first kappa shape index (κ1) is 24.8. The molecule has 0 unspecified atom stereocenters. The lowest BCUT2D eigenvalue weighted by Gasteiger charge is -2.38. The van der Waals surface area contributed by atoms with Crippen molar-refractivity contribution in [3.8, 4) is 0 Å². The summed E-state index contributed by atoms with van der Waals surface area (Å²) in [6.07, 6.45) is 1.44. The van der Waals surface area contributed by atoms with Crippen LogP contribution >= 0.6 is 0 Å². The quantitative estimate of drug-likeness (QED) is 0.497. The molecule has 0 bridgehead atoms. The van der Waals surface area contributed by atoms with Gasteiger partial charge in [-0.3, -0.25) is 0 Å². The molecule has 1 aliphatic heterocycles. The second-order valence-corrected chi connectivity index (χ2v) is 8.56. The number of nitrogens with one attached hydrogen (secondary N) is 1. The number of aryl methyl sites for hydroxylation is 1. The number of nitrogen functional groups attached to an aromatic ring is 1. The molecule has 10 nitrogen and oxygen atoms in total. The molecule has 4 rings (SSSR count). The smallest absolute Gasteiger partial charge is 0.337 e. The van der Waals surface area contributed by atoms with Gasteiger partial charge in [-0.2, -0.15) is 0 Å². The molecule has 1 aliphatic rings. The topological polar surface area (TPSA) is 123 Å². The molecule has 0 aliphatic carbocycles. The molecule has 0 atom stereocenters. The molecule has 0 saturated carbocycles. The van der Waals surface area contributed by atoms with Crippen LogP contribution in [0.3, 0.4) is 0 Å². The van der Waals surface area contributed by atoms with E-state index in [0.29, 0.717) is 23.0 Å². The fourth-order valence-corrected chi connectivity index (χ4v) is 4.28. The minimum Gasteiger partial charge on any atom is -0.465 e. The fraction of sp³-hybridized carbons (Fsp3) is 0.308. The van der Waals surface area contributed by atoms with E-state index in [1.54, 1.807) is 12.1 Å². The lowest BCUT2D eigenvalue weighted by Crippen LogP contribution is -2.47. The molecule has 2 aromatic carbocycles. The largest absolute Gasteiger partial charge is 0.465 e. The molecule has 36 heavy (non-hydrogen) atoms. The Morgan fingerprint density at radius 2 is 1.53 bits per heavy atom. The van der Waals surface area contributed by atoms with Gasteiger partial charge >= 0.3 is 11.9 Å². The number of aromatic nitrogens is 2.